The maximum Gasteiger partial charge on any atom is 0.290 e. The van der Waals surface area contributed by atoms with Gasteiger partial charge in [-0.25, -0.2) is 0 Å². The minimum Gasteiger partial charge on any atom is -0.314 e. The number of hydrogen-bond acceptors (Lipinski definition) is 4. The third kappa shape index (κ3) is 3.78. The van der Waals surface area contributed by atoms with Crippen molar-refractivity contribution in [3.63, 3.8) is 0 Å². The van der Waals surface area contributed by atoms with E-state index in [1.807, 2.05) is 0 Å². The minimum absolute atomic E-state index is 0.0882. The van der Waals surface area contributed by atoms with E-state index in [4.69, 9.17) is 0 Å². The predicted molar refractivity (Wildman–Crippen MR) is 67.1 cm³/mol. The van der Waals surface area contributed by atoms with Crippen LogP contribution in [0.1, 0.15) is 31.5 Å². The fourth-order valence-electron chi connectivity index (χ4n) is 1.81. The van der Waals surface area contributed by atoms with Crippen molar-refractivity contribution in [3.8, 4) is 0 Å². The smallest absolute Gasteiger partial charge is 0.290 e. The number of nitrogens with one attached hydrogen (secondary N) is 1. The largest absolute Gasteiger partial charge is 0.314 e. The Hall–Kier alpha value is -1.49. The number of nitro groups is 1. The molecule has 0 fully saturated rings. The first-order valence-corrected chi connectivity index (χ1v) is 5.91. The molecule has 0 aliphatic carbocycles. The van der Waals surface area contributed by atoms with E-state index in [0.717, 1.165) is 25.1 Å². The van der Waals surface area contributed by atoms with Crippen LogP contribution in [0.5, 0.6) is 0 Å². The van der Waals surface area contributed by atoms with Crippen LogP contribution in [0.25, 0.3) is 0 Å². The van der Waals surface area contributed by atoms with E-state index < -0.39 is 4.92 Å². The molecule has 5 nitrogen and oxygen atoms in total. The number of nitrogens with zero attached hydrogens (tertiary/aromatic N) is 2. The molecule has 5 heteroatoms. The predicted octanol–water partition coefficient (Wildman–Crippen LogP) is 2.23. The standard InChI is InChI=1S/C12H19N3O2/c1-4-10(13-5-2)7-11-6-9(3)12(8-14-11)15(16)17/h6,8,10,13H,4-5,7H2,1-3H3. The Morgan fingerprint density at radius 1 is 1.53 bits per heavy atom. The van der Waals surface area contributed by atoms with Gasteiger partial charge in [-0.05, 0) is 26.0 Å². The monoisotopic (exact) mass is 237 g/mol. The first-order valence-electron chi connectivity index (χ1n) is 5.91. The minimum atomic E-state index is -0.395. The van der Waals surface area contributed by atoms with Crippen molar-refractivity contribution in [2.45, 2.75) is 39.7 Å². The second-order valence-electron chi connectivity index (χ2n) is 4.09. The van der Waals surface area contributed by atoms with Gasteiger partial charge in [0.2, 0.25) is 0 Å². The summed E-state index contributed by atoms with van der Waals surface area (Å²) in [4.78, 5) is 14.4. The molecule has 0 saturated carbocycles. The van der Waals surface area contributed by atoms with Gasteiger partial charge in [-0.2, -0.15) is 0 Å². The van der Waals surface area contributed by atoms with Gasteiger partial charge >= 0.3 is 0 Å². The number of aryl methyl sites for hydroxylation is 1. The Kier molecular flexibility index (Phi) is 5.03. The normalized spacial score (nSPS) is 12.4. The van der Waals surface area contributed by atoms with Crippen molar-refractivity contribution in [1.82, 2.24) is 10.3 Å². The summed E-state index contributed by atoms with van der Waals surface area (Å²) in [6.45, 7) is 6.85. The Balaban J connectivity index is 2.79. The molecule has 1 N–H and O–H groups in total. The molecule has 1 aromatic rings. The van der Waals surface area contributed by atoms with Crippen molar-refractivity contribution >= 4 is 5.69 Å². The molecule has 0 aliphatic rings. The molecule has 1 atom stereocenters. The zero-order valence-electron chi connectivity index (χ0n) is 10.6. The van der Waals surface area contributed by atoms with Crippen LogP contribution in [0.3, 0.4) is 0 Å². The van der Waals surface area contributed by atoms with Crippen molar-refractivity contribution in [1.29, 1.82) is 0 Å². The van der Waals surface area contributed by atoms with Gasteiger partial charge in [0.25, 0.3) is 5.69 Å². The van der Waals surface area contributed by atoms with Crippen LogP contribution in [0.15, 0.2) is 12.3 Å². The topological polar surface area (TPSA) is 68.1 Å². The SMILES string of the molecule is CCNC(CC)Cc1cc(C)c([N+](=O)[O-])cn1. The van der Waals surface area contributed by atoms with Crippen molar-refractivity contribution < 1.29 is 4.92 Å². The van der Waals surface area contributed by atoms with E-state index in [2.05, 4.69) is 24.1 Å². The molecular formula is C12H19N3O2. The Bertz CT molecular complexity index is 393. The summed E-state index contributed by atoms with van der Waals surface area (Å²) in [5.41, 5.74) is 1.66. The van der Waals surface area contributed by atoms with Gasteiger partial charge in [0.15, 0.2) is 0 Å². The zero-order valence-corrected chi connectivity index (χ0v) is 10.6. The molecule has 1 aromatic heterocycles. The fraction of sp³-hybridized carbons (Fsp3) is 0.583. The Morgan fingerprint density at radius 2 is 2.24 bits per heavy atom. The first kappa shape index (κ1) is 13.6. The van der Waals surface area contributed by atoms with Gasteiger partial charge in [-0.15, -0.1) is 0 Å². The number of rotatable bonds is 6. The molecule has 0 spiro atoms. The molecule has 0 amide bonds. The van der Waals surface area contributed by atoms with Gasteiger partial charge in [0.1, 0.15) is 6.20 Å². The van der Waals surface area contributed by atoms with E-state index in [1.54, 1.807) is 13.0 Å². The maximum atomic E-state index is 10.7. The molecule has 1 rings (SSSR count). The van der Waals surface area contributed by atoms with Gasteiger partial charge in [0, 0.05) is 23.7 Å². The zero-order chi connectivity index (χ0) is 12.8. The highest BCUT2D eigenvalue weighted by Crippen LogP contribution is 2.17. The molecule has 1 unspecified atom stereocenters. The van der Waals surface area contributed by atoms with Gasteiger partial charge in [-0.3, -0.25) is 15.1 Å². The van der Waals surface area contributed by atoms with Gasteiger partial charge in [-0.1, -0.05) is 13.8 Å². The average Bonchev–Trinajstić information content (AvgIpc) is 2.28. The summed E-state index contributed by atoms with van der Waals surface area (Å²) in [5.74, 6) is 0. The lowest BCUT2D eigenvalue weighted by Gasteiger charge is -2.15. The molecule has 94 valence electrons. The lowest BCUT2D eigenvalue weighted by atomic mass is 10.1. The average molecular weight is 237 g/mol. The highest BCUT2D eigenvalue weighted by atomic mass is 16.6. The quantitative estimate of drug-likeness (QED) is 0.608. The van der Waals surface area contributed by atoms with E-state index in [-0.39, 0.29) is 5.69 Å². The molecule has 0 saturated heterocycles. The maximum absolute atomic E-state index is 10.7. The van der Waals surface area contributed by atoms with E-state index in [0.29, 0.717) is 11.6 Å². The van der Waals surface area contributed by atoms with Crippen LogP contribution < -0.4 is 5.32 Å². The number of likely N-dealkylation sites (N-methyl/N-ethyl adjacent to an activating group) is 1. The second-order valence-corrected chi connectivity index (χ2v) is 4.09. The molecule has 0 aliphatic heterocycles. The van der Waals surface area contributed by atoms with Crippen LogP contribution in [0.4, 0.5) is 5.69 Å². The van der Waals surface area contributed by atoms with Gasteiger partial charge in [0.05, 0.1) is 4.92 Å². The van der Waals surface area contributed by atoms with Crippen LogP contribution in [0, 0.1) is 17.0 Å². The summed E-state index contributed by atoms with van der Waals surface area (Å²) in [6, 6.07) is 2.19. The fourth-order valence-corrected chi connectivity index (χ4v) is 1.81. The summed E-state index contributed by atoms with van der Waals surface area (Å²) in [6.07, 6.45) is 3.18. The van der Waals surface area contributed by atoms with Crippen molar-refractivity contribution in [2.75, 3.05) is 6.54 Å². The third-order valence-corrected chi connectivity index (χ3v) is 2.78. The highest BCUT2D eigenvalue weighted by molar-refractivity contribution is 5.37. The van der Waals surface area contributed by atoms with E-state index in [9.17, 15) is 10.1 Å². The van der Waals surface area contributed by atoms with Crippen LogP contribution in [-0.2, 0) is 6.42 Å². The number of aromatic nitrogens is 1. The van der Waals surface area contributed by atoms with Crippen molar-refractivity contribution in [3.05, 3.63) is 33.6 Å². The molecule has 0 bridgehead atoms. The Labute approximate surface area is 101 Å². The van der Waals surface area contributed by atoms with E-state index in [1.165, 1.54) is 6.20 Å². The lowest BCUT2D eigenvalue weighted by molar-refractivity contribution is -0.385. The highest BCUT2D eigenvalue weighted by Gasteiger charge is 2.13. The second kappa shape index (κ2) is 6.30. The van der Waals surface area contributed by atoms with Crippen LogP contribution in [-0.4, -0.2) is 22.5 Å². The molecular weight excluding hydrogens is 218 g/mol. The summed E-state index contributed by atoms with van der Waals surface area (Å²) in [5, 5.41) is 14.0. The Morgan fingerprint density at radius 3 is 2.71 bits per heavy atom. The molecule has 1 heterocycles. The van der Waals surface area contributed by atoms with Crippen LogP contribution in [0.2, 0.25) is 0 Å². The molecule has 0 aromatic carbocycles. The number of pyridine rings is 1. The lowest BCUT2D eigenvalue weighted by Crippen LogP contribution is -2.30. The summed E-state index contributed by atoms with van der Waals surface area (Å²) >= 11 is 0. The van der Waals surface area contributed by atoms with Gasteiger partial charge < -0.3 is 5.32 Å². The third-order valence-electron chi connectivity index (χ3n) is 2.78. The van der Waals surface area contributed by atoms with Crippen LogP contribution >= 0.6 is 0 Å². The van der Waals surface area contributed by atoms with E-state index >= 15 is 0 Å². The summed E-state index contributed by atoms with van der Waals surface area (Å²) < 4.78 is 0. The molecule has 17 heavy (non-hydrogen) atoms. The molecule has 0 radical (unpaired) electrons. The summed E-state index contributed by atoms with van der Waals surface area (Å²) in [7, 11) is 0. The van der Waals surface area contributed by atoms with Crippen molar-refractivity contribution in [2.24, 2.45) is 0 Å². The first-order chi connectivity index (χ1) is 8.08. The number of hydrogen-bond donors (Lipinski definition) is 1.